The number of thiocarbonyl (C=S) groups is 1. The number of nitrogens with one attached hydrogen (secondary N) is 2. The Morgan fingerprint density at radius 3 is 2.42 bits per heavy atom. The molecule has 0 aliphatic carbocycles. The fraction of sp³-hybridized carbons (Fsp3) is 0.611. The minimum atomic E-state index is 0.689. The second kappa shape index (κ2) is 9.20. The molecular formula is C18H28N4OS. The third-order valence-electron chi connectivity index (χ3n) is 4.66. The van der Waals surface area contributed by atoms with Crippen molar-refractivity contribution in [2.75, 3.05) is 62.7 Å². The van der Waals surface area contributed by atoms with Gasteiger partial charge >= 0.3 is 0 Å². The van der Waals surface area contributed by atoms with E-state index in [1.165, 1.54) is 38.0 Å². The van der Waals surface area contributed by atoms with E-state index in [1.807, 2.05) is 0 Å². The number of morpholine rings is 1. The Bertz CT molecular complexity index is 510. The van der Waals surface area contributed by atoms with Crippen LogP contribution in [0.25, 0.3) is 0 Å². The number of rotatable bonds is 5. The van der Waals surface area contributed by atoms with Gasteiger partial charge < -0.3 is 20.3 Å². The van der Waals surface area contributed by atoms with Crippen LogP contribution in [-0.2, 0) is 4.74 Å². The monoisotopic (exact) mass is 348 g/mol. The summed E-state index contributed by atoms with van der Waals surface area (Å²) in [7, 11) is 0. The minimum Gasteiger partial charge on any atom is -0.379 e. The van der Waals surface area contributed by atoms with E-state index in [2.05, 4.69) is 44.7 Å². The molecule has 0 saturated carbocycles. The zero-order chi connectivity index (χ0) is 16.6. The maximum atomic E-state index is 5.39. The lowest BCUT2D eigenvalue weighted by Gasteiger charge is -2.29. The van der Waals surface area contributed by atoms with Gasteiger partial charge in [0.25, 0.3) is 0 Å². The maximum Gasteiger partial charge on any atom is 0.170 e. The molecule has 0 amide bonds. The molecule has 6 heteroatoms. The van der Waals surface area contributed by atoms with E-state index in [4.69, 9.17) is 17.0 Å². The largest absolute Gasteiger partial charge is 0.379 e. The van der Waals surface area contributed by atoms with Gasteiger partial charge in [0.05, 0.1) is 13.2 Å². The molecule has 0 spiro atoms. The average Bonchev–Trinajstić information content (AvgIpc) is 2.64. The summed E-state index contributed by atoms with van der Waals surface area (Å²) in [5.41, 5.74) is 2.35. The standard InChI is InChI=1S/C18H28N4OS/c24-18(19-8-11-21-12-14-23-15-13-21)20-16-4-6-17(7-5-16)22-9-2-1-3-10-22/h4-7H,1-3,8-15H2,(H2,19,20,24). The van der Waals surface area contributed by atoms with Gasteiger partial charge in [0.1, 0.15) is 0 Å². The van der Waals surface area contributed by atoms with E-state index < -0.39 is 0 Å². The summed E-state index contributed by atoms with van der Waals surface area (Å²) in [6.45, 7) is 7.91. The number of nitrogens with zero attached hydrogens (tertiary/aromatic N) is 2. The molecule has 1 aromatic rings. The summed E-state index contributed by atoms with van der Waals surface area (Å²) in [4.78, 5) is 4.86. The second-order valence-electron chi connectivity index (χ2n) is 6.43. The van der Waals surface area contributed by atoms with Crippen LogP contribution >= 0.6 is 12.2 Å². The molecule has 2 aliphatic rings. The first-order valence-corrected chi connectivity index (χ1v) is 9.42. The Morgan fingerprint density at radius 1 is 1.00 bits per heavy atom. The lowest BCUT2D eigenvalue weighted by molar-refractivity contribution is 0.0389. The summed E-state index contributed by atoms with van der Waals surface area (Å²) in [5, 5.41) is 7.24. The highest BCUT2D eigenvalue weighted by molar-refractivity contribution is 7.80. The molecule has 0 atom stereocenters. The molecule has 2 heterocycles. The number of hydrogen-bond donors (Lipinski definition) is 2. The Hall–Kier alpha value is -1.37. The van der Waals surface area contributed by atoms with Gasteiger partial charge in [-0.3, -0.25) is 4.90 Å². The van der Waals surface area contributed by atoms with Crippen molar-refractivity contribution in [3.63, 3.8) is 0 Å². The topological polar surface area (TPSA) is 39.8 Å². The molecule has 2 saturated heterocycles. The predicted octanol–water partition coefficient (Wildman–Crippen LogP) is 2.30. The summed E-state index contributed by atoms with van der Waals surface area (Å²) in [6.07, 6.45) is 3.97. The first-order chi connectivity index (χ1) is 11.8. The molecule has 2 aliphatic heterocycles. The Morgan fingerprint density at radius 2 is 1.71 bits per heavy atom. The van der Waals surface area contributed by atoms with Crippen molar-refractivity contribution in [2.24, 2.45) is 0 Å². The molecule has 0 bridgehead atoms. The smallest absolute Gasteiger partial charge is 0.170 e. The molecule has 0 radical (unpaired) electrons. The summed E-state index contributed by atoms with van der Waals surface area (Å²) in [5.74, 6) is 0. The maximum absolute atomic E-state index is 5.39. The molecule has 2 N–H and O–H groups in total. The minimum absolute atomic E-state index is 0.689. The lowest BCUT2D eigenvalue weighted by Crippen LogP contribution is -2.42. The lowest BCUT2D eigenvalue weighted by atomic mass is 10.1. The van der Waals surface area contributed by atoms with Gasteiger partial charge in [-0.2, -0.15) is 0 Å². The number of anilines is 2. The number of hydrogen-bond acceptors (Lipinski definition) is 4. The van der Waals surface area contributed by atoms with E-state index in [-0.39, 0.29) is 0 Å². The van der Waals surface area contributed by atoms with Gasteiger partial charge in [0, 0.05) is 50.6 Å². The van der Waals surface area contributed by atoms with Crippen LogP contribution in [0.3, 0.4) is 0 Å². The van der Waals surface area contributed by atoms with Crippen molar-refractivity contribution in [1.82, 2.24) is 10.2 Å². The van der Waals surface area contributed by atoms with Crippen molar-refractivity contribution < 1.29 is 4.74 Å². The van der Waals surface area contributed by atoms with Crippen LogP contribution < -0.4 is 15.5 Å². The van der Waals surface area contributed by atoms with Gasteiger partial charge in [-0.1, -0.05) is 0 Å². The van der Waals surface area contributed by atoms with E-state index in [1.54, 1.807) is 0 Å². The van der Waals surface area contributed by atoms with Crippen LogP contribution in [0.1, 0.15) is 19.3 Å². The third kappa shape index (κ3) is 5.33. The van der Waals surface area contributed by atoms with Crippen LogP contribution in [0.5, 0.6) is 0 Å². The molecule has 3 rings (SSSR count). The van der Waals surface area contributed by atoms with Crippen molar-refractivity contribution in [3.8, 4) is 0 Å². The quantitative estimate of drug-likeness (QED) is 0.796. The molecule has 5 nitrogen and oxygen atoms in total. The molecule has 2 fully saturated rings. The predicted molar refractivity (Wildman–Crippen MR) is 104 cm³/mol. The van der Waals surface area contributed by atoms with Crippen molar-refractivity contribution >= 4 is 28.7 Å². The fourth-order valence-corrected chi connectivity index (χ4v) is 3.46. The average molecular weight is 349 g/mol. The second-order valence-corrected chi connectivity index (χ2v) is 6.84. The van der Waals surface area contributed by atoms with E-state index in [0.29, 0.717) is 5.11 Å². The summed E-state index contributed by atoms with van der Waals surface area (Å²) >= 11 is 5.39. The van der Waals surface area contributed by atoms with Crippen LogP contribution in [0, 0.1) is 0 Å². The number of benzene rings is 1. The first kappa shape index (κ1) is 17.5. The van der Waals surface area contributed by atoms with E-state index in [0.717, 1.165) is 45.1 Å². The molecule has 0 aromatic heterocycles. The molecular weight excluding hydrogens is 320 g/mol. The van der Waals surface area contributed by atoms with Gasteiger partial charge in [0.15, 0.2) is 5.11 Å². The van der Waals surface area contributed by atoms with Crippen molar-refractivity contribution in [1.29, 1.82) is 0 Å². The van der Waals surface area contributed by atoms with Crippen molar-refractivity contribution in [3.05, 3.63) is 24.3 Å². The van der Waals surface area contributed by atoms with Crippen LogP contribution in [0.2, 0.25) is 0 Å². The van der Waals surface area contributed by atoms with Gasteiger partial charge in [0.2, 0.25) is 0 Å². The Balaban J connectivity index is 1.39. The normalized spacial score (nSPS) is 19.1. The number of piperidine rings is 1. The summed E-state index contributed by atoms with van der Waals surface area (Å²) in [6, 6.07) is 8.59. The molecule has 0 unspecified atom stereocenters. The number of ether oxygens (including phenoxy) is 1. The third-order valence-corrected chi connectivity index (χ3v) is 4.91. The van der Waals surface area contributed by atoms with Crippen LogP contribution in [0.4, 0.5) is 11.4 Å². The first-order valence-electron chi connectivity index (χ1n) is 9.01. The van der Waals surface area contributed by atoms with Crippen molar-refractivity contribution in [2.45, 2.75) is 19.3 Å². The molecule has 24 heavy (non-hydrogen) atoms. The van der Waals surface area contributed by atoms with Gasteiger partial charge in [-0.15, -0.1) is 0 Å². The zero-order valence-electron chi connectivity index (χ0n) is 14.3. The van der Waals surface area contributed by atoms with E-state index in [9.17, 15) is 0 Å². The Kier molecular flexibility index (Phi) is 6.69. The van der Waals surface area contributed by atoms with Gasteiger partial charge in [-0.05, 0) is 55.7 Å². The van der Waals surface area contributed by atoms with Gasteiger partial charge in [-0.25, -0.2) is 0 Å². The van der Waals surface area contributed by atoms with Crippen LogP contribution in [0.15, 0.2) is 24.3 Å². The highest BCUT2D eigenvalue weighted by Crippen LogP contribution is 2.21. The molecule has 1 aromatic carbocycles. The summed E-state index contributed by atoms with van der Waals surface area (Å²) < 4.78 is 5.36. The van der Waals surface area contributed by atoms with E-state index >= 15 is 0 Å². The Labute approximate surface area is 150 Å². The highest BCUT2D eigenvalue weighted by Gasteiger charge is 2.11. The molecule has 132 valence electrons. The zero-order valence-corrected chi connectivity index (χ0v) is 15.1. The van der Waals surface area contributed by atoms with Crippen LogP contribution in [-0.4, -0.2) is 62.5 Å². The SMILES string of the molecule is S=C(NCCN1CCOCC1)Nc1ccc(N2CCCCC2)cc1. The fourth-order valence-electron chi connectivity index (χ4n) is 3.24. The highest BCUT2D eigenvalue weighted by atomic mass is 32.1.